The lowest BCUT2D eigenvalue weighted by Crippen LogP contribution is -2.17. The molecular weight excluding hydrogens is 258 g/mol. The van der Waals surface area contributed by atoms with Gasteiger partial charge < -0.3 is 5.11 Å². The van der Waals surface area contributed by atoms with Crippen molar-refractivity contribution < 1.29 is 9.90 Å². The third kappa shape index (κ3) is 2.56. The Morgan fingerprint density at radius 3 is 2.80 bits per heavy atom. The number of carbonyl (C=O) groups is 1. The van der Waals surface area contributed by atoms with E-state index in [-0.39, 0.29) is 5.69 Å². The van der Waals surface area contributed by atoms with E-state index in [0.717, 1.165) is 18.5 Å². The van der Waals surface area contributed by atoms with Crippen molar-refractivity contribution in [1.82, 2.24) is 25.0 Å². The molecule has 2 aromatic heterocycles. The van der Waals surface area contributed by atoms with E-state index >= 15 is 0 Å². The van der Waals surface area contributed by atoms with Crippen molar-refractivity contribution in [3.8, 4) is 0 Å². The summed E-state index contributed by atoms with van der Waals surface area (Å²) in [5, 5.41) is 17.0. The van der Waals surface area contributed by atoms with Crippen LogP contribution in [0.3, 0.4) is 0 Å². The van der Waals surface area contributed by atoms with Crippen LogP contribution < -0.4 is 0 Å². The van der Waals surface area contributed by atoms with Gasteiger partial charge in [-0.25, -0.2) is 19.4 Å². The molecule has 2 aromatic rings. The summed E-state index contributed by atoms with van der Waals surface area (Å²) in [6.07, 6.45) is 10.1. The van der Waals surface area contributed by atoms with E-state index in [9.17, 15) is 4.79 Å². The average molecular weight is 271 g/mol. The van der Waals surface area contributed by atoms with Crippen molar-refractivity contribution in [3.05, 3.63) is 35.7 Å². The fourth-order valence-corrected chi connectivity index (χ4v) is 1.95. The quantitative estimate of drug-likeness (QED) is 0.908. The van der Waals surface area contributed by atoms with Gasteiger partial charge in [0, 0.05) is 0 Å². The van der Waals surface area contributed by atoms with E-state index in [1.54, 1.807) is 12.2 Å². The molecule has 0 amide bonds. The summed E-state index contributed by atoms with van der Waals surface area (Å²) in [5.41, 5.74) is 1.22. The van der Waals surface area contributed by atoms with Crippen LogP contribution in [0.15, 0.2) is 18.6 Å². The highest BCUT2D eigenvalue weighted by atomic mass is 16.4. The molecule has 0 saturated heterocycles. The van der Waals surface area contributed by atoms with Gasteiger partial charge in [-0.1, -0.05) is 5.21 Å². The van der Waals surface area contributed by atoms with Gasteiger partial charge in [-0.05, 0) is 37.5 Å². The average Bonchev–Trinajstić information content (AvgIpc) is 2.83. The minimum Gasteiger partial charge on any atom is -0.477 e. The summed E-state index contributed by atoms with van der Waals surface area (Å²) in [6, 6.07) is 1.89. The van der Waals surface area contributed by atoms with E-state index in [1.807, 2.05) is 10.9 Å². The van der Waals surface area contributed by atoms with Crippen molar-refractivity contribution in [2.75, 3.05) is 0 Å². The number of carboxylic acid groups (broad SMARTS) is 1. The Hall–Kier alpha value is -2.57. The molecule has 1 aliphatic carbocycles. The van der Waals surface area contributed by atoms with Crippen LogP contribution in [0.4, 0.5) is 0 Å². The lowest BCUT2D eigenvalue weighted by molar-refractivity contribution is 0.0690. The van der Waals surface area contributed by atoms with Gasteiger partial charge >= 0.3 is 5.97 Å². The van der Waals surface area contributed by atoms with Gasteiger partial charge in [0.2, 0.25) is 0 Å². The van der Waals surface area contributed by atoms with Crippen LogP contribution in [0.1, 0.15) is 47.2 Å². The SMILES string of the molecule is O=C(O)c1cc(/C=C/c2cn(C3CCC3)nn2)ncn1. The Balaban J connectivity index is 1.74. The van der Waals surface area contributed by atoms with E-state index in [0.29, 0.717) is 11.7 Å². The minimum absolute atomic E-state index is 0.0298. The monoisotopic (exact) mass is 271 g/mol. The Labute approximate surface area is 115 Å². The number of hydrogen-bond donors (Lipinski definition) is 1. The second kappa shape index (κ2) is 5.20. The topological polar surface area (TPSA) is 93.8 Å². The van der Waals surface area contributed by atoms with E-state index < -0.39 is 5.97 Å². The molecule has 0 aromatic carbocycles. The van der Waals surface area contributed by atoms with Crippen LogP contribution in [0.5, 0.6) is 0 Å². The van der Waals surface area contributed by atoms with Gasteiger partial charge in [0.1, 0.15) is 12.0 Å². The first-order valence-electron chi connectivity index (χ1n) is 6.37. The smallest absolute Gasteiger partial charge is 0.354 e. The third-order valence-corrected chi connectivity index (χ3v) is 3.31. The summed E-state index contributed by atoms with van der Waals surface area (Å²) in [5.74, 6) is -1.07. The largest absolute Gasteiger partial charge is 0.477 e. The summed E-state index contributed by atoms with van der Waals surface area (Å²) in [7, 11) is 0. The standard InChI is InChI=1S/C13H13N5O2/c19-13(20)12-6-9(14-8-15-12)4-5-10-7-18(17-16-10)11-2-1-3-11/h4-8,11H,1-3H2,(H,19,20)/b5-4+. The summed E-state index contributed by atoms with van der Waals surface area (Å²) in [4.78, 5) is 18.5. The van der Waals surface area contributed by atoms with Gasteiger partial charge in [0.05, 0.1) is 17.9 Å². The maximum atomic E-state index is 10.8. The van der Waals surface area contributed by atoms with Gasteiger partial charge in [0.25, 0.3) is 0 Å². The van der Waals surface area contributed by atoms with Gasteiger partial charge in [-0.2, -0.15) is 0 Å². The molecule has 0 atom stereocenters. The number of aromatic carboxylic acids is 1. The van der Waals surface area contributed by atoms with Crippen molar-refractivity contribution in [3.63, 3.8) is 0 Å². The molecule has 0 bridgehead atoms. The lowest BCUT2D eigenvalue weighted by atomic mass is 9.93. The summed E-state index contributed by atoms with van der Waals surface area (Å²) < 4.78 is 1.88. The maximum Gasteiger partial charge on any atom is 0.354 e. The van der Waals surface area contributed by atoms with Crippen LogP contribution in [0.25, 0.3) is 12.2 Å². The molecule has 1 N–H and O–H groups in total. The van der Waals surface area contributed by atoms with Crippen LogP contribution in [0.2, 0.25) is 0 Å². The van der Waals surface area contributed by atoms with Gasteiger partial charge in [-0.15, -0.1) is 5.10 Å². The molecule has 1 aliphatic rings. The highest BCUT2D eigenvalue weighted by Gasteiger charge is 2.20. The zero-order chi connectivity index (χ0) is 13.9. The molecule has 3 rings (SSSR count). The molecule has 7 heteroatoms. The minimum atomic E-state index is -1.07. The highest BCUT2D eigenvalue weighted by molar-refractivity contribution is 5.86. The molecule has 0 radical (unpaired) electrons. The van der Waals surface area contributed by atoms with Crippen LogP contribution >= 0.6 is 0 Å². The van der Waals surface area contributed by atoms with E-state index in [2.05, 4.69) is 20.3 Å². The molecule has 102 valence electrons. The molecule has 1 saturated carbocycles. The Bertz CT molecular complexity index is 660. The number of rotatable bonds is 4. The first kappa shape index (κ1) is 12.5. The molecule has 2 heterocycles. The normalized spacial score (nSPS) is 15.4. The Kier molecular flexibility index (Phi) is 3.24. The first-order chi connectivity index (χ1) is 9.72. The fourth-order valence-electron chi connectivity index (χ4n) is 1.95. The number of carboxylic acids is 1. The lowest BCUT2D eigenvalue weighted by Gasteiger charge is -2.24. The maximum absolute atomic E-state index is 10.8. The molecule has 0 unspecified atom stereocenters. The number of aromatic nitrogens is 5. The second-order valence-electron chi connectivity index (χ2n) is 4.67. The Morgan fingerprint density at radius 2 is 2.10 bits per heavy atom. The van der Waals surface area contributed by atoms with Crippen molar-refractivity contribution in [2.45, 2.75) is 25.3 Å². The fraction of sp³-hybridized carbons (Fsp3) is 0.308. The summed E-state index contributed by atoms with van der Waals surface area (Å²) in [6.45, 7) is 0. The van der Waals surface area contributed by atoms with Gasteiger partial charge in [-0.3, -0.25) is 0 Å². The highest BCUT2D eigenvalue weighted by Crippen LogP contribution is 2.30. The Morgan fingerprint density at radius 1 is 1.30 bits per heavy atom. The molecular formula is C13H13N5O2. The van der Waals surface area contributed by atoms with Crippen molar-refractivity contribution in [2.24, 2.45) is 0 Å². The van der Waals surface area contributed by atoms with E-state index in [1.165, 1.54) is 18.8 Å². The van der Waals surface area contributed by atoms with Crippen molar-refractivity contribution in [1.29, 1.82) is 0 Å². The van der Waals surface area contributed by atoms with Gasteiger partial charge in [0.15, 0.2) is 5.69 Å². The van der Waals surface area contributed by atoms with Crippen LogP contribution in [0, 0.1) is 0 Å². The second-order valence-corrected chi connectivity index (χ2v) is 4.67. The molecule has 0 aliphatic heterocycles. The van der Waals surface area contributed by atoms with E-state index in [4.69, 9.17) is 5.11 Å². The number of hydrogen-bond acceptors (Lipinski definition) is 5. The molecule has 1 fully saturated rings. The van der Waals surface area contributed by atoms with Crippen LogP contribution in [-0.2, 0) is 0 Å². The molecule has 7 nitrogen and oxygen atoms in total. The summed E-state index contributed by atoms with van der Waals surface area (Å²) >= 11 is 0. The zero-order valence-electron chi connectivity index (χ0n) is 10.7. The predicted octanol–water partition coefficient (Wildman–Crippen LogP) is 1.66. The molecule has 20 heavy (non-hydrogen) atoms. The van der Waals surface area contributed by atoms with Crippen molar-refractivity contribution >= 4 is 18.1 Å². The zero-order valence-corrected chi connectivity index (χ0v) is 10.7. The predicted molar refractivity (Wildman–Crippen MR) is 70.8 cm³/mol. The number of nitrogens with zero attached hydrogens (tertiary/aromatic N) is 5. The molecule has 0 spiro atoms. The third-order valence-electron chi connectivity index (χ3n) is 3.31. The van der Waals surface area contributed by atoms with Crippen LogP contribution in [-0.4, -0.2) is 36.0 Å². The first-order valence-corrected chi connectivity index (χ1v) is 6.37.